The summed E-state index contributed by atoms with van der Waals surface area (Å²) < 4.78 is 11.6. The first kappa shape index (κ1) is 14.3. The lowest BCUT2D eigenvalue weighted by molar-refractivity contribution is -0.144. The fourth-order valence-electron chi connectivity index (χ4n) is 3.91. The first-order valence-corrected chi connectivity index (χ1v) is 8.67. The van der Waals surface area contributed by atoms with Gasteiger partial charge < -0.3 is 19.7 Å². The highest BCUT2D eigenvalue weighted by Gasteiger charge is 2.32. The molecule has 5 heteroatoms. The maximum Gasteiger partial charge on any atom is 0.133 e. The molecule has 2 unspecified atom stereocenters. The number of nitrogens with one attached hydrogen (secondary N) is 1. The maximum absolute atomic E-state index is 5.96. The summed E-state index contributed by atoms with van der Waals surface area (Å²) in [7, 11) is 0. The lowest BCUT2D eigenvalue weighted by Gasteiger charge is -2.42. The predicted molar refractivity (Wildman–Crippen MR) is 93.1 cm³/mol. The highest BCUT2D eigenvalue weighted by molar-refractivity contribution is 5.69. The van der Waals surface area contributed by atoms with E-state index in [1.807, 2.05) is 12.3 Å². The van der Waals surface area contributed by atoms with Crippen LogP contribution in [0.25, 0.3) is 0 Å². The number of morpholine rings is 1. The summed E-state index contributed by atoms with van der Waals surface area (Å²) in [6, 6.07) is 10.9. The number of aromatic nitrogens is 1. The summed E-state index contributed by atoms with van der Waals surface area (Å²) in [4.78, 5) is 6.92. The van der Waals surface area contributed by atoms with Gasteiger partial charge in [-0.05, 0) is 48.2 Å². The third-order valence-electron chi connectivity index (χ3n) is 5.10. The molecule has 5 rings (SSSR count). The first-order chi connectivity index (χ1) is 11.8. The number of hydrogen-bond acceptors (Lipinski definition) is 5. The van der Waals surface area contributed by atoms with E-state index >= 15 is 0 Å². The van der Waals surface area contributed by atoms with E-state index in [0.29, 0.717) is 13.2 Å². The van der Waals surface area contributed by atoms with E-state index in [2.05, 4.69) is 39.5 Å². The lowest BCUT2D eigenvalue weighted by atomic mass is 10.0. The second kappa shape index (κ2) is 5.76. The molecule has 2 saturated heterocycles. The van der Waals surface area contributed by atoms with Gasteiger partial charge in [-0.1, -0.05) is 6.07 Å². The summed E-state index contributed by atoms with van der Waals surface area (Å²) in [5, 5.41) is 3.50. The van der Waals surface area contributed by atoms with E-state index in [9.17, 15) is 0 Å². The van der Waals surface area contributed by atoms with Gasteiger partial charge >= 0.3 is 0 Å². The van der Waals surface area contributed by atoms with Crippen molar-refractivity contribution in [1.29, 1.82) is 0 Å². The quantitative estimate of drug-likeness (QED) is 0.874. The van der Waals surface area contributed by atoms with Crippen molar-refractivity contribution in [3.63, 3.8) is 0 Å². The molecule has 24 heavy (non-hydrogen) atoms. The van der Waals surface area contributed by atoms with Crippen LogP contribution in [0.2, 0.25) is 0 Å². The number of nitrogens with zero attached hydrogens (tertiary/aromatic N) is 2. The average Bonchev–Trinajstić information content (AvgIpc) is 2.80. The summed E-state index contributed by atoms with van der Waals surface area (Å²) in [6.45, 7) is 3.23. The third-order valence-corrected chi connectivity index (χ3v) is 5.10. The van der Waals surface area contributed by atoms with Crippen molar-refractivity contribution >= 4 is 17.2 Å². The molecular formula is C19H21N3O2. The molecule has 1 aromatic carbocycles. The monoisotopic (exact) mass is 323 g/mol. The molecule has 4 heterocycles. The van der Waals surface area contributed by atoms with Crippen molar-refractivity contribution < 1.29 is 9.47 Å². The molecule has 0 saturated carbocycles. The van der Waals surface area contributed by atoms with Crippen molar-refractivity contribution in [3.8, 4) is 0 Å². The van der Waals surface area contributed by atoms with Gasteiger partial charge in [0.05, 0.1) is 25.4 Å². The number of pyridine rings is 1. The molecule has 0 spiro atoms. The average molecular weight is 323 g/mol. The number of ether oxygens (including phenoxy) is 2. The van der Waals surface area contributed by atoms with Crippen molar-refractivity contribution in [2.45, 2.75) is 25.0 Å². The molecule has 0 aliphatic carbocycles. The van der Waals surface area contributed by atoms with E-state index < -0.39 is 0 Å². The van der Waals surface area contributed by atoms with Gasteiger partial charge in [0, 0.05) is 30.7 Å². The van der Waals surface area contributed by atoms with Crippen LogP contribution >= 0.6 is 0 Å². The molecule has 124 valence electrons. The van der Waals surface area contributed by atoms with Crippen molar-refractivity contribution in [2.24, 2.45) is 0 Å². The minimum Gasteiger partial charge on any atom is -0.376 e. The zero-order chi connectivity index (χ0) is 15.9. The molecule has 2 aromatic rings. The van der Waals surface area contributed by atoms with Gasteiger partial charge in [-0.15, -0.1) is 0 Å². The highest BCUT2D eigenvalue weighted by atomic mass is 16.6. The van der Waals surface area contributed by atoms with Gasteiger partial charge in [-0.2, -0.15) is 0 Å². The van der Waals surface area contributed by atoms with Crippen LogP contribution in [0.5, 0.6) is 0 Å². The number of anilines is 3. The Labute approximate surface area is 141 Å². The van der Waals surface area contributed by atoms with Crippen LogP contribution in [0.15, 0.2) is 36.5 Å². The van der Waals surface area contributed by atoms with E-state index in [1.165, 1.54) is 22.5 Å². The Bertz CT molecular complexity index is 752. The van der Waals surface area contributed by atoms with Crippen molar-refractivity contribution in [2.75, 3.05) is 36.5 Å². The van der Waals surface area contributed by atoms with Gasteiger partial charge in [-0.3, -0.25) is 0 Å². The highest BCUT2D eigenvalue weighted by Crippen LogP contribution is 2.32. The van der Waals surface area contributed by atoms with Crippen LogP contribution in [0.1, 0.15) is 11.1 Å². The normalized spacial score (nSPS) is 25.2. The van der Waals surface area contributed by atoms with Crippen LogP contribution in [-0.2, 0) is 22.3 Å². The molecule has 2 bridgehead atoms. The number of fused-ring (bicyclic) bond motifs is 4. The summed E-state index contributed by atoms with van der Waals surface area (Å²) in [6.07, 6.45) is 4.30. The van der Waals surface area contributed by atoms with Gasteiger partial charge in [-0.25, -0.2) is 4.98 Å². The number of hydrogen-bond donors (Lipinski definition) is 1. The van der Waals surface area contributed by atoms with Crippen LogP contribution < -0.4 is 10.2 Å². The largest absolute Gasteiger partial charge is 0.376 e. The second-order valence-corrected chi connectivity index (χ2v) is 6.80. The fraction of sp³-hybridized carbons (Fsp3) is 0.421. The Morgan fingerprint density at radius 1 is 1.04 bits per heavy atom. The molecule has 3 aliphatic rings. The lowest BCUT2D eigenvalue weighted by Crippen LogP contribution is -2.54. The molecule has 1 aromatic heterocycles. The van der Waals surface area contributed by atoms with Crippen LogP contribution in [0, 0.1) is 0 Å². The van der Waals surface area contributed by atoms with Gasteiger partial charge in [0.2, 0.25) is 0 Å². The molecule has 1 N–H and O–H groups in total. The topological polar surface area (TPSA) is 46.6 Å². The molecule has 0 amide bonds. The molecule has 3 aliphatic heterocycles. The van der Waals surface area contributed by atoms with E-state index in [0.717, 1.165) is 31.7 Å². The smallest absolute Gasteiger partial charge is 0.133 e. The molecule has 2 atom stereocenters. The van der Waals surface area contributed by atoms with Gasteiger partial charge in [0.1, 0.15) is 5.82 Å². The molecule has 2 fully saturated rings. The number of rotatable bonds is 1. The van der Waals surface area contributed by atoms with Crippen LogP contribution in [0.3, 0.4) is 0 Å². The van der Waals surface area contributed by atoms with E-state index in [-0.39, 0.29) is 12.2 Å². The van der Waals surface area contributed by atoms with Crippen LogP contribution in [-0.4, -0.2) is 43.5 Å². The van der Waals surface area contributed by atoms with Crippen molar-refractivity contribution in [1.82, 2.24) is 4.98 Å². The Morgan fingerprint density at radius 2 is 1.88 bits per heavy atom. The second-order valence-electron chi connectivity index (χ2n) is 6.80. The number of benzene rings is 1. The van der Waals surface area contributed by atoms with E-state index in [4.69, 9.17) is 9.47 Å². The summed E-state index contributed by atoms with van der Waals surface area (Å²) in [5.74, 6) is 0.988. The Morgan fingerprint density at radius 3 is 2.75 bits per heavy atom. The Kier molecular flexibility index (Phi) is 3.42. The standard InChI is InChI=1S/C19H21N3O2/c1-2-13-3-4-14-8-15(5-6-18(14)21-19(13)20-7-1)22-9-16-11-23-12-17(10-22)24-16/h1-2,5-8,16-17H,3-4,9-12H2,(H,20,21). The minimum absolute atomic E-state index is 0.197. The molecule has 0 radical (unpaired) electrons. The predicted octanol–water partition coefficient (Wildman–Crippen LogP) is 2.53. The van der Waals surface area contributed by atoms with Gasteiger partial charge in [0.15, 0.2) is 0 Å². The van der Waals surface area contributed by atoms with Crippen LogP contribution in [0.4, 0.5) is 17.2 Å². The first-order valence-electron chi connectivity index (χ1n) is 8.67. The van der Waals surface area contributed by atoms with E-state index in [1.54, 1.807) is 0 Å². The molecular weight excluding hydrogens is 302 g/mol. The summed E-state index contributed by atoms with van der Waals surface area (Å²) in [5.41, 5.74) is 5.11. The fourth-order valence-corrected chi connectivity index (χ4v) is 3.91. The third kappa shape index (κ3) is 2.54. The Balaban J connectivity index is 1.42. The minimum atomic E-state index is 0.197. The zero-order valence-corrected chi connectivity index (χ0v) is 13.6. The summed E-state index contributed by atoms with van der Waals surface area (Å²) >= 11 is 0. The zero-order valence-electron chi connectivity index (χ0n) is 13.6. The molecule has 5 nitrogen and oxygen atoms in total. The SMILES string of the molecule is c1cnc2c(c1)CCc1cc(N3CC4COCC(C3)O4)ccc1N2. The maximum atomic E-state index is 5.96. The van der Waals surface area contributed by atoms with Crippen molar-refractivity contribution in [3.05, 3.63) is 47.7 Å². The number of aryl methyl sites for hydroxylation is 2. The van der Waals surface area contributed by atoms with Gasteiger partial charge in [0.25, 0.3) is 0 Å². The Hall–Kier alpha value is -2.11.